The van der Waals surface area contributed by atoms with Crippen LogP contribution >= 0.6 is 0 Å². The molecule has 0 saturated carbocycles. The summed E-state index contributed by atoms with van der Waals surface area (Å²) in [7, 11) is 0. The third kappa shape index (κ3) is 3.58. The highest BCUT2D eigenvalue weighted by atomic mass is 16.3. The Kier molecular flexibility index (Phi) is 2.32. The van der Waals surface area contributed by atoms with E-state index in [1.807, 2.05) is 0 Å². The molecule has 1 nitrogen and oxygen atoms in total. The first-order valence-electron chi connectivity index (χ1n) is 24.4. The largest absolute Gasteiger partial charge is 0.455 e. The minimum absolute atomic E-state index is 0.0429. The number of para-hydroxylation sites is 2. The summed E-state index contributed by atoms with van der Waals surface area (Å²) >= 11 is 0. The Morgan fingerprint density at radius 2 is 0.884 bits per heavy atom. The van der Waals surface area contributed by atoms with Crippen LogP contribution in [-0.4, -0.2) is 0 Å². The van der Waals surface area contributed by atoms with Gasteiger partial charge in [-0.2, -0.15) is 0 Å². The van der Waals surface area contributed by atoms with Crippen molar-refractivity contribution < 1.29 is 35.9 Å². The molecular formula is C42H26O. The van der Waals surface area contributed by atoms with Crippen LogP contribution in [0, 0.1) is 0 Å². The van der Waals surface area contributed by atoms with Crippen LogP contribution in [0.1, 0.15) is 31.5 Å². The van der Waals surface area contributed by atoms with Crippen LogP contribution in [0.4, 0.5) is 0 Å². The lowest BCUT2D eigenvalue weighted by Gasteiger charge is -2.19. The zero-order valence-electron chi connectivity index (χ0n) is 44.6. The van der Waals surface area contributed by atoms with Gasteiger partial charge >= 0.3 is 0 Å². The molecule has 9 aromatic rings. The highest BCUT2D eigenvalue weighted by Crippen LogP contribution is 2.47. The highest BCUT2D eigenvalue weighted by Gasteiger charge is 2.20. The van der Waals surface area contributed by atoms with E-state index < -0.39 is 194 Å². The molecule has 0 aliphatic heterocycles. The monoisotopic (exact) mass is 569 g/mol. The predicted molar refractivity (Wildman–Crippen MR) is 183 cm³/mol. The molecule has 0 fully saturated rings. The van der Waals surface area contributed by atoms with Crippen LogP contribution in [-0.2, 0) is 0 Å². The second-order valence-corrected chi connectivity index (χ2v) is 9.49. The normalized spacial score (nSPS) is 19.2. The van der Waals surface area contributed by atoms with Crippen LogP contribution in [0.5, 0.6) is 0 Å². The van der Waals surface area contributed by atoms with Crippen LogP contribution in [0.3, 0.4) is 0 Å². The Morgan fingerprint density at radius 1 is 0.372 bits per heavy atom. The minimum atomic E-state index is -0.924. The molecular weight excluding hydrogens is 520 g/mol. The van der Waals surface area contributed by atoms with Crippen molar-refractivity contribution in [1.82, 2.24) is 0 Å². The van der Waals surface area contributed by atoms with Gasteiger partial charge in [0.05, 0.1) is 31.5 Å². The van der Waals surface area contributed by atoms with Crippen LogP contribution in [0.2, 0.25) is 0 Å². The number of benzene rings is 8. The number of hydrogen-bond acceptors (Lipinski definition) is 1. The summed E-state index contributed by atoms with van der Waals surface area (Å²) in [6.45, 7) is 0. The fourth-order valence-electron chi connectivity index (χ4n) is 5.54. The Morgan fingerprint density at radius 3 is 1.56 bits per heavy atom. The minimum Gasteiger partial charge on any atom is -0.455 e. The zero-order valence-corrected chi connectivity index (χ0v) is 21.6. The highest BCUT2D eigenvalue weighted by molar-refractivity contribution is 6.24. The molecule has 43 heavy (non-hydrogen) atoms. The third-order valence-electron chi connectivity index (χ3n) is 7.29. The van der Waals surface area contributed by atoms with Gasteiger partial charge in [-0.25, -0.2) is 0 Å². The molecule has 9 rings (SSSR count). The maximum atomic E-state index is 9.80. The van der Waals surface area contributed by atoms with Crippen molar-refractivity contribution in [3.8, 4) is 33.4 Å². The summed E-state index contributed by atoms with van der Waals surface area (Å²) in [5, 5.41) is -3.51. The SMILES string of the molecule is [2H]c1c([2H])c([2H])c(-c2c3c([2H])c([2H])c([2H])c([2H])c3c(-c3c([2H])c([2H])c(-c4cccc5c4oc4c([2H])c([2H])c([2H])c([2H])c45)c4c([2H])c([2H])c([2H])c([2H])c34)c3c([2H])c([2H])c([2H])c([2H])c23)c([2H])c1[2H]. The summed E-state index contributed by atoms with van der Waals surface area (Å²) in [6.07, 6.45) is 0. The second kappa shape index (κ2) is 9.44. The molecule has 0 unspecified atom stereocenters. The standard InChI is InChI=1S/C42H26O/c1-2-13-27(14-3-1)40-32-18-6-8-20-34(32)41(35-21-9-7-19-33(35)40)36-26-25-30(28-15-4-5-16-29(28)36)37-22-12-23-38-31-17-10-11-24-39(31)43-42(37)38/h1-26H/i1D,2D,3D,4D,5D,6D,7D,8D,9D,10D,11D,13D,14D,15D,16D,17D,18D,19D,20D,21D,24D,25D,26D. The van der Waals surface area contributed by atoms with E-state index in [1.54, 1.807) is 0 Å². The zero-order chi connectivity index (χ0) is 48.3. The van der Waals surface area contributed by atoms with E-state index in [9.17, 15) is 11.0 Å². The molecule has 1 aromatic heterocycles. The molecule has 0 radical (unpaired) electrons. The Bertz CT molecular complexity index is 3690. The maximum absolute atomic E-state index is 9.80. The first-order valence-corrected chi connectivity index (χ1v) is 12.9. The smallest absolute Gasteiger partial charge is 0.143 e. The van der Waals surface area contributed by atoms with Gasteiger partial charge in [0.2, 0.25) is 0 Å². The van der Waals surface area contributed by atoms with Crippen molar-refractivity contribution in [1.29, 1.82) is 0 Å². The van der Waals surface area contributed by atoms with Gasteiger partial charge in [-0.05, 0) is 66.2 Å². The fraction of sp³-hybridized carbons (Fsp3) is 0. The molecule has 0 aliphatic carbocycles. The number of fused-ring (bicyclic) bond motifs is 6. The lowest BCUT2D eigenvalue weighted by atomic mass is 9.84. The van der Waals surface area contributed by atoms with Crippen molar-refractivity contribution in [3.63, 3.8) is 0 Å². The first-order chi connectivity index (χ1) is 30.9. The number of furan rings is 1. The van der Waals surface area contributed by atoms with E-state index in [0.29, 0.717) is 0 Å². The molecule has 1 heterocycles. The van der Waals surface area contributed by atoms with Gasteiger partial charge in [-0.1, -0.05) is 151 Å². The summed E-state index contributed by atoms with van der Waals surface area (Å²) < 4.78 is 211. The van der Waals surface area contributed by atoms with E-state index >= 15 is 0 Å². The topological polar surface area (TPSA) is 13.1 Å². The number of hydrogen-bond donors (Lipinski definition) is 0. The van der Waals surface area contributed by atoms with E-state index in [2.05, 4.69) is 0 Å². The van der Waals surface area contributed by atoms with E-state index in [0.717, 1.165) is 0 Å². The molecule has 0 amide bonds. The molecule has 0 atom stereocenters. The van der Waals surface area contributed by atoms with Gasteiger partial charge in [0.25, 0.3) is 0 Å². The summed E-state index contributed by atoms with van der Waals surface area (Å²) in [5.41, 5.74) is -3.49. The van der Waals surface area contributed by atoms with Crippen molar-refractivity contribution in [2.75, 3.05) is 0 Å². The quantitative estimate of drug-likeness (QED) is 0.193. The van der Waals surface area contributed by atoms with Gasteiger partial charge in [-0.15, -0.1) is 0 Å². The lowest BCUT2D eigenvalue weighted by Crippen LogP contribution is -1.92. The van der Waals surface area contributed by atoms with Gasteiger partial charge in [-0.3, -0.25) is 0 Å². The molecule has 200 valence electrons. The van der Waals surface area contributed by atoms with Crippen molar-refractivity contribution in [2.45, 2.75) is 0 Å². The molecule has 0 bridgehead atoms. The average molecular weight is 570 g/mol. The fourth-order valence-corrected chi connectivity index (χ4v) is 5.54. The molecule has 0 N–H and O–H groups in total. The molecule has 0 spiro atoms. The lowest BCUT2D eigenvalue weighted by molar-refractivity contribution is 0.670. The van der Waals surface area contributed by atoms with Crippen LogP contribution < -0.4 is 0 Å². The van der Waals surface area contributed by atoms with Gasteiger partial charge < -0.3 is 4.42 Å². The maximum Gasteiger partial charge on any atom is 0.143 e. The summed E-state index contributed by atoms with van der Waals surface area (Å²) in [5.74, 6) is 0. The van der Waals surface area contributed by atoms with Crippen molar-refractivity contribution >= 4 is 54.3 Å². The molecule has 8 aromatic carbocycles. The van der Waals surface area contributed by atoms with Crippen LogP contribution in [0.15, 0.2) is 162 Å². The van der Waals surface area contributed by atoms with Crippen molar-refractivity contribution in [2.24, 2.45) is 0 Å². The molecule has 0 saturated heterocycles. The average Bonchev–Trinajstić information content (AvgIpc) is 3.70. The van der Waals surface area contributed by atoms with Gasteiger partial charge in [0.1, 0.15) is 11.2 Å². The van der Waals surface area contributed by atoms with Gasteiger partial charge in [0, 0.05) is 16.3 Å². The van der Waals surface area contributed by atoms with E-state index in [4.69, 9.17) is 25.0 Å². The first kappa shape index (κ1) is 10.6. The van der Waals surface area contributed by atoms with Crippen molar-refractivity contribution in [3.05, 3.63) is 157 Å². The molecule has 1 heteroatoms. The Hall–Kier alpha value is -5.66. The Labute approximate surface area is 281 Å². The number of rotatable bonds is 3. The molecule has 0 aliphatic rings. The Balaban J connectivity index is 1.62. The second-order valence-electron chi connectivity index (χ2n) is 9.49. The van der Waals surface area contributed by atoms with E-state index in [1.165, 1.54) is 18.2 Å². The third-order valence-corrected chi connectivity index (χ3v) is 7.29. The van der Waals surface area contributed by atoms with E-state index in [-0.39, 0.29) is 33.1 Å². The summed E-state index contributed by atoms with van der Waals surface area (Å²) in [4.78, 5) is 0. The predicted octanol–water partition coefficient (Wildman–Crippen LogP) is 12.0. The van der Waals surface area contributed by atoms with Crippen LogP contribution in [0.25, 0.3) is 87.6 Å². The summed E-state index contributed by atoms with van der Waals surface area (Å²) in [6, 6.07) is -14.7. The van der Waals surface area contributed by atoms with Gasteiger partial charge in [0.15, 0.2) is 0 Å².